The molecule has 2 N–H and O–H groups in total. The molecule has 1 aliphatic heterocycles. The molecule has 2 heterocycles. The monoisotopic (exact) mass is 451 g/mol. The average molecular weight is 452 g/mol. The van der Waals surface area contributed by atoms with Crippen LogP contribution in [0.2, 0.25) is 0 Å². The van der Waals surface area contributed by atoms with Crippen LogP contribution in [0.1, 0.15) is 11.1 Å². The number of rotatable bonds is 9. The highest BCUT2D eigenvalue weighted by molar-refractivity contribution is 8.18. The summed E-state index contributed by atoms with van der Waals surface area (Å²) in [6.45, 7) is 1.05. The van der Waals surface area contributed by atoms with Gasteiger partial charge in [0.1, 0.15) is 0 Å². The lowest BCUT2D eigenvalue weighted by atomic mass is 10.1. The van der Waals surface area contributed by atoms with Crippen LogP contribution in [0.25, 0.3) is 17.0 Å². The minimum Gasteiger partial charge on any atom is -0.395 e. The summed E-state index contributed by atoms with van der Waals surface area (Å²) in [7, 11) is 0. The average Bonchev–Trinajstić information content (AvgIpc) is 3.27. The number of aliphatic hydroxyl groups is 2. The molecule has 1 aromatic heterocycles. The number of benzene rings is 2. The van der Waals surface area contributed by atoms with Gasteiger partial charge in [-0.05, 0) is 29.5 Å². The third kappa shape index (κ3) is 4.78. The van der Waals surface area contributed by atoms with Crippen LogP contribution >= 0.6 is 11.8 Å². The van der Waals surface area contributed by atoms with Crippen LogP contribution in [0.5, 0.6) is 0 Å². The minimum absolute atomic E-state index is 0.0406. The Morgan fingerprint density at radius 3 is 2.34 bits per heavy atom. The van der Waals surface area contributed by atoms with E-state index in [1.807, 2.05) is 48.7 Å². The summed E-state index contributed by atoms with van der Waals surface area (Å²) in [5.74, 6) is -0.360. The molecule has 166 valence electrons. The molecule has 32 heavy (non-hydrogen) atoms. The van der Waals surface area contributed by atoms with E-state index in [0.29, 0.717) is 11.4 Å². The molecule has 0 aliphatic carbocycles. The molecule has 8 heteroatoms. The number of hydrogen-bond donors (Lipinski definition) is 2. The van der Waals surface area contributed by atoms with E-state index in [1.54, 1.807) is 11.0 Å². The summed E-state index contributed by atoms with van der Waals surface area (Å²) in [4.78, 5) is 28.7. The number of amides is 2. The van der Waals surface area contributed by atoms with Gasteiger partial charge in [-0.15, -0.1) is 0 Å². The van der Waals surface area contributed by atoms with Crippen molar-refractivity contribution in [3.8, 4) is 0 Å². The molecule has 1 aliphatic rings. The number of nitrogens with zero attached hydrogens (tertiary/aromatic N) is 3. The van der Waals surface area contributed by atoms with Crippen molar-refractivity contribution >= 4 is 39.9 Å². The first-order chi connectivity index (χ1) is 15.6. The van der Waals surface area contributed by atoms with Crippen LogP contribution in [-0.2, 0) is 11.3 Å². The standard InChI is InChI=1S/C24H25N3O4S/c28-12-10-25(11-13-29)17-27-23(30)22(32-24(27)31)14-19-16-26(15-18-6-2-1-3-7-18)21-9-5-4-8-20(19)21/h1-9,14,16,28-29H,10-13,15,17H2. The normalized spacial score (nSPS) is 15.6. The van der Waals surface area contributed by atoms with Gasteiger partial charge in [0.15, 0.2) is 0 Å². The number of carbonyl (C=O) groups is 2. The third-order valence-corrected chi connectivity index (χ3v) is 6.26. The Morgan fingerprint density at radius 1 is 0.938 bits per heavy atom. The van der Waals surface area contributed by atoms with E-state index < -0.39 is 0 Å². The van der Waals surface area contributed by atoms with E-state index in [9.17, 15) is 19.8 Å². The number of para-hydroxylation sites is 1. The molecule has 7 nitrogen and oxygen atoms in total. The van der Waals surface area contributed by atoms with Crippen LogP contribution < -0.4 is 0 Å². The predicted molar refractivity (Wildman–Crippen MR) is 126 cm³/mol. The molecule has 2 amide bonds. The highest BCUT2D eigenvalue weighted by Gasteiger charge is 2.36. The molecule has 3 aromatic rings. The van der Waals surface area contributed by atoms with Crippen molar-refractivity contribution in [3.05, 3.63) is 76.8 Å². The number of hydrogen-bond acceptors (Lipinski definition) is 6. The Morgan fingerprint density at radius 2 is 1.62 bits per heavy atom. The summed E-state index contributed by atoms with van der Waals surface area (Å²) in [5.41, 5.74) is 3.11. The maximum absolute atomic E-state index is 13.0. The molecule has 0 radical (unpaired) electrons. The number of aromatic nitrogens is 1. The quantitative estimate of drug-likeness (QED) is 0.487. The fraction of sp³-hybridized carbons (Fsp3) is 0.250. The second kappa shape index (κ2) is 10.1. The first-order valence-electron chi connectivity index (χ1n) is 10.4. The first kappa shape index (κ1) is 22.3. The van der Waals surface area contributed by atoms with E-state index in [4.69, 9.17) is 0 Å². The maximum Gasteiger partial charge on any atom is 0.294 e. The van der Waals surface area contributed by atoms with Crippen molar-refractivity contribution in [2.75, 3.05) is 33.0 Å². The lowest BCUT2D eigenvalue weighted by Crippen LogP contribution is -2.42. The van der Waals surface area contributed by atoms with Gasteiger partial charge in [-0.2, -0.15) is 0 Å². The molecule has 0 saturated carbocycles. The van der Waals surface area contributed by atoms with Gasteiger partial charge >= 0.3 is 0 Å². The second-order valence-corrected chi connectivity index (χ2v) is 8.52. The van der Waals surface area contributed by atoms with Crippen molar-refractivity contribution in [2.24, 2.45) is 0 Å². The molecule has 0 bridgehead atoms. The maximum atomic E-state index is 13.0. The highest BCUT2D eigenvalue weighted by Crippen LogP contribution is 2.34. The molecule has 1 saturated heterocycles. The Labute approximate surface area is 190 Å². The molecular weight excluding hydrogens is 426 g/mol. The van der Waals surface area contributed by atoms with Gasteiger partial charge in [0.05, 0.1) is 24.8 Å². The Balaban J connectivity index is 1.61. The highest BCUT2D eigenvalue weighted by atomic mass is 32.2. The molecule has 1 fully saturated rings. The number of carbonyl (C=O) groups excluding carboxylic acids is 2. The van der Waals surface area contributed by atoms with E-state index in [2.05, 4.69) is 16.7 Å². The lowest BCUT2D eigenvalue weighted by molar-refractivity contribution is -0.124. The van der Waals surface area contributed by atoms with Gasteiger partial charge in [0.2, 0.25) is 0 Å². The first-order valence-corrected chi connectivity index (χ1v) is 11.2. The van der Waals surface area contributed by atoms with Gasteiger partial charge in [0, 0.05) is 42.3 Å². The number of aliphatic hydroxyl groups excluding tert-OH is 2. The number of thioether (sulfide) groups is 1. The molecule has 0 spiro atoms. The lowest BCUT2D eigenvalue weighted by Gasteiger charge is -2.24. The molecule has 2 aromatic carbocycles. The zero-order chi connectivity index (χ0) is 22.5. The number of imide groups is 1. The van der Waals surface area contributed by atoms with Crippen molar-refractivity contribution in [2.45, 2.75) is 6.54 Å². The topological polar surface area (TPSA) is 86.0 Å². The second-order valence-electron chi connectivity index (χ2n) is 7.53. The van der Waals surface area contributed by atoms with Crippen molar-refractivity contribution in [1.82, 2.24) is 14.4 Å². The number of fused-ring (bicyclic) bond motifs is 1. The molecule has 0 atom stereocenters. The van der Waals surface area contributed by atoms with E-state index >= 15 is 0 Å². The van der Waals surface area contributed by atoms with Crippen LogP contribution in [0.15, 0.2) is 65.7 Å². The largest absolute Gasteiger partial charge is 0.395 e. The summed E-state index contributed by atoms with van der Waals surface area (Å²) >= 11 is 0.914. The Hall–Kier alpha value is -2.91. The Kier molecular flexibility index (Phi) is 7.06. The van der Waals surface area contributed by atoms with Crippen molar-refractivity contribution < 1.29 is 19.8 Å². The zero-order valence-corrected chi connectivity index (χ0v) is 18.4. The van der Waals surface area contributed by atoms with Gasteiger partial charge in [0.25, 0.3) is 11.1 Å². The van der Waals surface area contributed by atoms with Gasteiger partial charge in [-0.25, -0.2) is 0 Å². The predicted octanol–water partition coefficient (Wildman–Crippen LogP) is 2.97. The third-order valence-electron chi connectivity index (χ3n) is 5.35. The minimum atomic E-state index is -0.360. The fourth-order valence-corrected chi connectivity index (χ4v) is 4.62. The van der Waals surface area contributed by atoms with Crippen LogP contribution in [0.4, 0.5) is 4.79 Å². The summed E-state index contributed by atoms with van der Waals surface area (Å²) in [6.07, 6.45) is 3.78. The fourth-order valence-electron chi connectivity index (χ4n) is 3.80. The summed E-state index contributed by atoms with van der Waals surface area (Å²) < 4.78 is 2.14. The van der Waals surface area contributed by atoms with E-state index in [-0.39, 0.29) is 44.1 Å². The summed E-state index contributed by atoms with van der Waals surface area (Å²) in [5, 5.41) is 19.0. The van der Waals surface area contributed by atoms with Crippen LogP contribution in [-0.4, -0.2) is 68.7 Å². The van der Waals surface area contributed by atoms with E-state index in [0.717, 1.165) is 33.1 Å². The molecular formula is C24H25N3O4S. The van der Waals surface area contributed by atoms with E-state index in [1.165, 1.54) is 5.56 Å². The zero-order valence-electron chi connectivity index (χ0n) is 17.6. The van der Waals surface area contributed by atoms with Crippen molar-refractivity contribution in [3.63, 3.8) is 0 Å². The van der Waals surface area contributed by atoms with Crippen LogP contribution in [0.3, 0.4) is 0 Å². The molecule has 0 unspecified atom stereocenters. The van der Waals surface area contributed by atoms with Gasteiger partial charge < -0.3 is 14.8 Å². The van der Waals surface area contributed by atoms with Crippen molar-refractivity contribution in [1.29, 1.82) is 0 Å². The Bertz CT molecular complexity index is 1140. The SMILES string of the molecule is O=C1SC(=Cc2cn(Cc3ccccc3)c3ccccc23)C(=O)N1CN(CCO)CCO. The smallest absolute Gasteiger partial charge is 0.294 e. The van der Waals surface area contributed by atoms with Gasteiger partial charge in [-0.3, -0.25) is 19.4 Å². The molecule has 4 rings (SSSR count). The van der Waals surface area contributed by atoms with Crippen LogP contribution in [0, 0.1) is 0 Å². The van der Waals surface area contributed by atoms with Gasteiger partial charge in [-0.1, -0.05) is 48.5 Å². The summed E-state index contributed by atoms with van der Waals surface area (Å²) in [6, 6.07) is 18.2.